The molecule has 1 aliphatic rings. The first-order valence-corrected chi connectivity index (χ1v) is 20.5. The normalized spacial score (nSPS) is 22.4. The van der Waals surface area contributed by atoms with Crippen molar-refractivity contribution in [1.82, 2.24) is 9.55 Å². The summed E-state index contributed by atoms with van der Waals surface area (Å²) < 4.78 is 20.4. The van der Waals surface area contributed by atoms with Crippen molar-refractivity contribution in [3.8, 4) is 0 Å². The fourth-order valence-electron chi connectivity index (χ4n) is 5.08. The van der Waals surface area contributed by atoms with Crippen molar-refractivity contribution in [2.24, 2.45) is 0 Å². The molecule has 230 valence electrons. The maximum Gasteiger partial charge on any atom is 0.330 e. The fraction of sp³-hybridized carbons (Fsp3) is 0.677. The van der Waals surface area contributed by atoms with E-state index in [0.717, 1.165) is 16.7 Å². The smallest absolute Gasteiger partial charge is 0.330 e. The largest absolute Gasteiger partial charge is 0.414 e. The second-order valence-electron chi connectivity index (χ2n) is 14.8. The molecule has 41 heavy (non-hydrogen) atoms. The zero-order valence-electron chi connectivity index (χ0n) is 27.2. The quantitative estimate of drug-likeness (QED) is 0.343. The van der Waals surface area contributed by atoms with Crippen molar-refractivity contribution in [2.75, 3.05) is 6.61 Å². The van der Waals surface area contributed by atoms with Gasteiger partial charge in [0.15, 0.2) is 8.32 Å². The summed E-state index contributed by atoms with van der Waals surface area (Å²) in [4.78, 5) is 28.2. The van der Waals surface area contributed by atoms with Crippen molar-refractivity contribution in [1.29, 1.82) is 0 Å². The lowest BCUT2D eigenvalue weighted by Gasteiger charge is -2.49. The van der Waals surface area contributed by atoms with Crippen LogP contribution in [0.3, 0.4) is 0 Å². The average molecular weight is 605 g/mol. The summed E-state index contributed by atoms with van der Waals surface area (Å²) in [5.41, 5.74) is 2.61. The van der Waals surface area contributed by atoms with Gasteiger partial charge in [-0.05, 0) is 53.7 Å². The Kier molecular flexibility index (Phi) is 9.60. The molecule has 3 rings (SSSR count). The number of nitrogens with one attached hydrogen (secondary N) is 1. The summed E-state index contributed by atoms with van der Waals surface area (Å²) in [6.07, 6.45) is 0.414. The lowest BCUT2D eigenvalue weighted by Crippen LogP contribution is -2.65. The number of aryl methyl sites for hydroxylation is 2. The van der Waals surface area contributed by atoms with Gasteiger partial charge in [0.25, 0.3) is 5.56 Å². The summed E-state index contributed by atoms with van der Waals surface area (Å²) >= 11 is 0. The number of benzene rings is 1. The molecule has 0 bridgehead atoms. The van der Waals surface area contributed by atoms with Crippen molar-refractivity contribution in [3.63, 3.8) is 0 Å². The molecule has 8 nitrogen and oxygen atoms in total. The fourth-order valence-corrected chi connectivity index (χ4v) is 9.02. The van der Waals surface area contributed by atoms with Gasteiger partial charge >= 0.3 is 5.69 Å². The number of nitrogens with zero attached hydrogens (tertiary/aromatic N) is 1. The second-order valence-corrected chi connectivity index (χ2v) is 25.3. The Labute approximate surface area is 247 Å². The van der Waals surface area contributed by atoms with Gasteiger partial charge in [0.1, 0.15) is 12.3 Å². The summed E-state index contributed by atoms with van der Waals surface area (Å²) in [7, 11) is -4.56. The molecule has 3 atom stereocenters. The molecule has 1 saturated heterocycles. The Morgan fingerprint density at radius 2 is 1.61 bits per heavy atom. The highest BCUT2D eigenvalue weighted by Gasteiger charge is 2.62. The van der Waals surface area contributed by atoms with Crippen molar-refractivity contribution >= 4 is 16.4 Å². The molecular formula is C31H52N2O6Si2. The molecular weight excluding hydrogens is 553 g/mol. The number of hydrogen-bond donors (Lipinski definition) is 2. The highest BCUT2D eigenvalue weighted by atomic mass is 28.4. The summed E-state index contributed by atoms with van der Waals surface area (Å²) in [6.45, 7) is 26.5. The second kappa shape index (κ2) is 11.7. The monoisotopic (exact) mass is 604 g/mol. The van der Waals surface area contributed by atoms with E-state index in [1.54, 1.807) is 0 Å². The Morgan fingerprint density at radius 1 is 1.02 bits per heavy atom. The lowest BCUT2D eigenvalue weighted by molar-refractivity contribution is -0.0571. The van der Waals surface area contributed by atoms with Crippen LogP contribution < -0.4 is 11.2 Å². The van der Waals surface area contributed by atoms with E-state index in [0.29, 0.717) is 12.2 Å². The van der Waals surface area contributed by atoms with E-state index in [1.165, 1.54) is 10.8 Å². The zero-order valence-corrected chi connectivity index (χ0v) is 29.2. The summed E-state index contributed by atoms with van der Waals surface area (Å²) in [5, 5.41) is 11.1. The molecule has 0 spiro atoms. The van der Waals surface area contributed by atoms with Gasteiger partial charge in [0, 0.05) is 12.6 Å². The Hall–Kier alpha value is -1.83. The number of ether oxygens (including phenoxy) is 2. The van der Waals surface area contributed by atoms with E-state index in [9.17, 15) is 14.7 Å². The van der Waals surface area contributed by atoms with Crippen LogP contribution in [0.25, 0.3) is 0 Å². The molecule has 0 unspecified atom stereocenters. The number of H-pyrrole nitrogens is 1. The molecule has 1 aromatic carbocycles. The van der Waals surface area contributed by atoms with Crippen LogP contribution in [-0.2, 0) is 27.1 Å². The molecule has 0 amide bonds. The maximum absolute atomic E-state index is 13.1. The van der Waals surface area contributed by atoms with Crippen LogP contribution in [0, 0.1) is 13.8 Å². The topological polar surface area (TPSA) is 103 Å². The van der Waals surface area contributed by atoms with Crippen molar-refractivity contribution in [3.05, 3.63) is 67.5 Å². The van der Waals surface area contributed by atoms with E-state index in [-0.39, 0.29) is 29.7 Å². The zero-order chi connectivity index (χ0) is 31.2. The van der Waals surface area contributed by atoms with E-state index >= 15 is 0 Å². The predicted octanol–water partition coefficient (Wildman–Crippen LogP) is 5.96. The Morgan fingerprint density at radius 3 is 2.15 bits per heavy atom. The molecule has 10 heteroatoms. The number of rotatable bonds is 9. The van der Waals surface area contributed by atoms with Gasteiger partial charge in [-0.2, -0.15) is 0 Å². The van der Waals surface area contributed by atoms with Crippen molar-refractivity contribution in [2.45, 2.75) is 129 Å². The maximum atomic E-state index is 13.1. The van der Waals surface area contributed by atoms with Gasteiger partial charge in [-0.25, -0.2) is 4.79 Å². The van der Waals surface area contributed by atoms with Crippen LogP contribution in [0.1, 0.15) is 76.4 Å². The Bertz CT molecular complexity index is 1330. The van der Waals surface area contributed by atoms with E-state index in [4.69, 9.17) is 13.9 Å². The first-order chi connectivity index (χ1) is 18.6. The molecule has 1 aliphatic heterocycles. The third-order valence-electron chi connectivity index (χ3n) is 10.2. The standard InChI is InChI=1S/C31H52N2O6Si2/c1-21-14-13-15-22(2)24(21)19-37-18-23-17-33(28(35)32-27(23)34)26-16-31(36,40(9,10)29(3,4)5)25(39-26)20-38-41(11,12)30(6,7)8/h13-15,17,25-26,36H,16,18-20H2,1-12H3,(H,32,34,35)/t25-,26-,31-/m1/s1. The number of aromatic nitrogens is 2. The molecule has 0 aliphatic carbocycles. The van der Waals surface area contributed by atoms with Crippen molar-refractivity contribution < 1.29 is 19.0 Å². The van der Waals surface area contributed by atoms with Crippen LogP contribution in [0.15, 0.2) is 34.0 Å². The van der Waals surface area contributed by atoms with E-state index < -0.39 is 45.2 Å². The van der Waals surface area contributed by atoms with Gasteiger partial charge in [-0.15, -0.1) is 0 Å². The number of aliphatic hydroxyl groups is 1. The predicted molar refractivity (Wildman–Crippen MR) is 170 cm³/mol. The minimum atomic E-state index is -2.43. The van der Waals surface area contributed by atoms with Crippen LogP contribution >= 0.6 is 0 Å². The Balaban J connectivity index is 1.92. The van der Waals surface area contributed by atoms with E-state index in [2.05, 4.69) is 72.7 Å². The van der Waals surface area contributed by atoms with Gasteiger partial charge in [-0.1, -0.05) is 72.8 Å². The first-order valence-electron chi connectivity index (χ1n) is 14.6. The highest BCUT2D eigenvalue weighted by molar-refractivity contribution is 6.83. The summed E-state index contributed by atoms with van der Waals surface area (Å²) in [6, 6.07) is 6.07. The van der Waals surface area contributed by atoms with Gasteiger partial charge < -0.3 is 19.0 Å². The number of hydrogen-bond acceptors (Lipinski definition) is 6. The van der Waals surface area contributed by atoms with Gasteiger partial charge in [0.05, 0.1) is 38.7 Å². The molecule has 0 radical (unpaired) electrons. The SMILES string of the molecule is Cc1cccc(C)c1COCc1cn([C@H]2C[C@@](O)([Si](C)(C)C(C)(C)C)[C@@H](CO[Si](C)(C)C(C)(C)C)O2)c(=O)[nH]c1=O. The molecule has 0 saturated carbocycles. The number of aromatic amines is 1. The highest BCUT2D eigenvalue weighted by Crippen LogP contribution is 2.51. The third kappa shape index (κ3) is 6.73. The van der Waals surface area contributed by atoms with Crippen LogP contribution in [-0.4, -0.2) is 49.0 Å². The van der Waals surface area contributed by atoms with Crippen LogP contribution in [0.2, 0.25) is 36.3 Å². The average Bonchev–Trinajstić information content (AvgIpc) is 3.17. The van der Waals surface area contributed by atoms with E-state index in [1.807, 2.05) is 32.0 Å². The first kappa shape index (κ1) is 33.7. The molecule has 1 fully saturated rings. The van der Waals surface area contributed by atoms with Gasteiger partial charge in [-0.3, -0.25) is 14.3 Å². The van der Waals surface area contributed by atoms with Crippen LogP contribution in [0.5, 0.6) is 0 Å². The minimum Gasteiger partial charge on any atom is -0.414 e. The third-order valence-corrected chi connectivity index (χ3v) is 21.1. The summed E-state index contributed by atoms with van der Waals surface area (Å²) in [5.74, 6) is 0. The molecule has 1 aromatic heterocycles. The molecule has 2 aromatic rings. The van der Waals surface area contributed by atoms with Gasteiger partial charge in [0.2, 0.25) is 0 Å². The molecule has 2 heterocycles. The minimum absolute atomic E-state index is 0.00167. The van der Waals surface area contributed by atoms with Crippen LogP contribution in [0.4, 0.5) is 0 Å². The lowest BCUT2D eigenvalue weighted by atomic mass is 10.0. The molecule has 2 N–H and O–H groups in total.